The van der Waals surface area contributed by atoms with E-state index in [2.05, 4.69) is 14.8 Å². The molecule has 8 heteroatoms. The first-order chi connectivity index (χ1) is 15.3. The number of hydrogen-bond donors (Lipinski definition) is 1. The Balaban J connectivity index is 1.58. The molecule has 1 N–H and O–H groups in total. The van der Waals surface area contributed by atoms with Crippen molar-refractivity contribution in [3.63, 3.8) is 0 Å². The van der Waals surface area contributed by atoms with Crippen LogP contribution in [0.4, 0.5) is 13.2 Å². The number of nitrogens with one attached hydrogen (secondary N) is 1. The highest BCUT2D eigenvalue weighted by Gasteiger charge is 2.44. The number of halogens is 3. The molecule has 5 nitrogen and oxygen atoms in total. The third-order valence-corrected chi connectivity index (χ3v) is 4.97. The number of para-hydroxylation sites is 1. The van der Waals surface area contributed by atoms with Crippen molar-refractivity contribution in [2.45, 2.75) is 25.2 Å². The van der Waals surface area contributed by atoms with Gasteiger partial charge in [0.05, 0.1) is 11.6 Å². The van der Waals surface area contributed by atoms with Crippen molar-refractivity contribution in [1.82, 2.24) is 5.32 Å². The Morgan fingerprint density at radius 2 is 1.62 bits per heavy atom. The zero-order valence-corrected chi connectivity index (χ0v) is 16.7. The molecule has 0 bridgehead atoms. The summed E-state index contributed by atoms with van der Waals surface area (Å²) in [6.07, 6.45) is -3.97. The molecule has 164 valence electrons. The van der Waals surface area contributed by atoms with Gasteiger partial charge in [0.2, 0.25) is 0 Å². The molecule has 3 aromatic carbocycles. The number of carbonyl (C=O) groups is 2. The van der Waals surface area contributed by atoms with Crippen molar-refractivity contribution in [2.75, 3.05) is 0 Å². The second-order valence-corrected chi connectivity index (χ2v) is 7.25. The third kappa shape index (κ3) is 4.74. The summed E-state index contributed by atoms with van der Waals surface area (Å²) in [5.41, 5.74) is 0.766. The first-order valence-corrected chi connectivity index (χ1v) is 9.82. The molecule has 1 unspecified atom stereocenters. The lowest BCUT2D eigenvalue weighted by Gasteiger charge is -2.19. The van der Waals surface area contributed by atoms with Gasteiger partial charge < -0.3 is 14.8 Å². The molecule has 1 atom stereocenters. The summed E-state index contributed by atoms with van der Waals surface area (Å²) >= 11 is 0. The third-order valence-electron chi connectivity index (χ3n) is 4.97. The summed E-state index contributed by atoms with van der Waals surface area (Å²) in [6.45, 7) is 0. The molecule has 0 aliphatic carbocycles. The lowest BCUT2D eigenvalue weighted by Crippen LogP contribution is -2.43. The van der Waals surface area contributed by atoms with Crippen LogP contribution in [0.2, 0.25) is 0 Å². The van der Waals surface area contributed by atoms with Crippen molar-refractivity contribution in [3.05, 3.63) is 95.3 Å². The maximum Gasteiger partial charge on any atom is 0.586 e. The summed E-state index contributed by atoms with van der Waals surface area (Å²) in [4.78, 5) is 25.8. The van der Waals surface area contributed by atoms with Crippen molar-refractivity contribution >= 4 is 11.7 Å². The average molecular weight is 441 g/mol. The Labute approximate surface area is 181 Å². The summed E-state index contributed by atoms with van der Waals surface area (Å²) in [5.74, 6) is -2.31. The first-order valence-electron chi connectivity index (χ1n) is 9.82. The smallest absolute Gasteiger partial charge is 0.395 e. The van der Waals surface area contributed by atoms with Gasteiger partial charge in [-0.1, -0.05) is 54.6 Å². The molecule has 1 heterocycles. The predicted molar refractivity (Wildman–Crippen MR) is 109 cm³/mol. The Morgan fingerprint density at radius 3 is 2.38 bits per heavy atom. The van der Waals surface area contributed by atoms with E-state index in [-0.39, 0.29) is 35.5 Å². The number of Topliss-reactive ketones (excluding diaryl/α,β-unsaturated/α-hetero) is 1. The van der Waals surface area contributed by atoms with E-state index in [4.69, 9.17) is 0 Å². The van der Waals surface area contributed by atoms with E-state index in [1.54, 1.807) is 24.3 Å². The Hall–Kier alpha value is -3.81. The van der Waals surface area contributed by atoms with Crippen molar-refractivity contribution < 1.29 is 32.2 Å². The highest BCUT2D eigenvalue weighted by atomic mass is 19.3. The normalized spacial score (nSPS) is 14.6. The topological polar surface area (TPSA) is 64.6 Å². The number of fused-ring (bicyclic) bond motifs is 1. The van der Waals surface area contributed by atoms with E-state index in [9.17, 15) is 22.8 Å². The van der Waals surface area contributed by atoms with Crippen LogP contribution in [0.5, 0.6) is 11.5 Å². The van der Waals surface area contributed by atoms with Crippen LogP contribution in [0.25, 0.3) is 0 Å². The molecule has 4 rings (SSSR count). The van der Waals surface area contributed by atoms with Gasteiger partial charge >= 0.3 is 6.29 Å². The number of ether oxygens (including phenoxy) is 2. The van der Waals surface area contributed by atoms with Gasteiger partial charge in [0, 0.05) is 12.0 Å². The van der Waals surface area contributed by atoms with Gasteiger partial charge in [-0.2, -0.15) is 0 Å². The van der Waals surface area contributed by atoms with Crippen LogP contribution < -0.4 is 14.8 Å². The molecule has 0 radical (unpaired) electrons. The largest absolute Gasteiger partial charge is 0.586 e. The zero-order valence-electron chi connectivity index (χ0n) is 16.7. The van der Waals surface area contributed by atoms with Crippen LogP contribution in [0.3, 0.4) is 0 Å². The highest BCUT2D eigenvalue weighted by Crippen LogP contribution is 2.43. The standard InChI is InChI=1S/C24H18F3NO4/c25-18-11-5-4-10-17(18)23(30)28-19(13-15-7-2-1-3-8-15)20(29)14-16-9-6-12-21-22(16)32-24(26,27)31-21/h1-12,19H,13-14H2,(H,28,30). The van der Waals surface area contributed by atoms with Gasteiger partial charge in [0.15, 0.2) is 17.3 Å². The van der Waals surface area contributed by atoms with E-state index >= 15 is 0 Å². The SMILES string of the molecule is O=C(NC(Cc1ccccc1)C(=O)Cc1cccc2c1OC(F)(F)O2)c1ccccc1F. The number of alkyl halides is 2. The predicted octanol–water partition coefficient (Wildman–Crippen LogP) is 4.30. The average Bonchev–Trinajstić information content (AvgIpc) is 3.09. The molecule has 1 amide bonds. The number of ketones is 1. The fraction of sp³-hybridized carbons (Fsp3) is 0.167. The van der Waals surface area contributed by atoms with Crippen molar-refractivity contribution in [1.29, 1.82) is 0 Å². The van der Waals surface area contributed by atoms with Crippen LogP contribution >= 0.6 is 0 Å². The van der Waals surface area contributed by atoms with E-state index < -0.39 is 29.8 Å². The molecular weight excluding hydrogens is 423 g/mol. The van der Waals surface area contributed by atoms with Crippen LogP contribution in [-0.2, 0) is 17.6 Å². The molecule has 0 aromatic heterocycles. The quantitative estimate of drug-likeness (QED) is 0.594. The van der Waals surface area contributed by atoms with E-state index in [0.717, 1.165) is 11.6 Å². The van der Waals surface area contributed by atoms with E-state index in [1.807, 2.05) is 6.07 Å². The zero-order chi connectivity index (χ0) is 22.7. The second kappa shape index (κ2) is 8.74. The minimum Gasteiger partial charge on any atom is -0.395 e. The molecule has 1 aliphatic heterocycles. The monoisotopic (exact) mass is 441 g/mol. The maximum absolute atomic E-state index is 14.0. The van der Waals surface area contributed by atoms with E-state index in [1.165, 1.54) is 36.4 Å². The van der Waals surface area contributed by atoms with Crippen molar-refractivity contribution in [3.8, 4) is 11.5 Å². The number of carbonyl (C=O) groups excluding carboxylic acids is 2. The van der Waals surface area contributed by atoms with Crippen LogP contribution in [0, 0.1) is 5.82 Å². The molecule has 32 heavy (non-hydrogen) atoms. The number of amides is 1. The van der Waals surface area contributed by atoms with Gasteiger partial charge in [-0.05, 0) is 30.2 Å². The molecule has 3 aromatic rings. The van der Waals surface area contributed by atoms with Crippen LogP contribution in [0.1, 0.15) is 21.5 Å². The number of benzene rings is 3. The second-order valence-electron chi connectivity index (χ2n) is 7.25. The fourth-order valence-electron chi connectivity index (χ4n) is 3.45. The lowest BCUT2D eigenvalue weighted by atomic mass is 9.96. The van der Waals surface area contributed by atoms with Crippen LogP contribution in [-0.4, -0.2) is 24.0 Å². The van der Waals surface area contributed by atoms with E-state index in [0.29, 0.717) is 0 Å². The summed E-state index contributed by atoms with van der Waals surface area (Å²) in [5, 5.41) is 2.58. The Bertz CT molecular complexity index is 1150. The van der Waals surface area contributed by atoms with Gasteiger partial charge in [-0.3, -0.25) is 9.59 Å². The highest BCUT2D eigenvalue weighted by molar-refractivity contribution is 5.98. The molecule has 1 aliphatic rings. The number of hydrogen-bond acceptors (Lipinski definition) is 4. The molecule has 0 saturated heterocycles. The minimum absolute atomic E-state index is 0.141. The van der Waals surface area contributed by atoms with Gasteiger partial charge in [-0.25, -0.2) is 4.39 Å². The minimum atomic E-state index is -3.82. The summed E-state index contributed by atoms with van der Waals surface area (Å²) < 4.78 is 50.0. The maximum atomic E-state index is 14.0. The summed E-state index contributed by atoms with van der Waals surface area (Å²) in [6, 6.07) is 17.6. The molecule has 0 fully saturated rings. The summed E-state index contributed by atoms with van der Waals surface area (Å²) in [7, 11) is 0. The molecule has 0 spiro atoms. The fourth-order valence-corrected chi connectivity index (χ4v) is 3.45. The van der Waals surface area contributed by atoms with Crippen molar-refractivity contribution in [2.24, 2.45) is 0 Å². The van der Waals surface area contributed by atoms with Gasteiger partial charge in [-0.15, -0.1) is 8.78 Å². The molecule has 0 saturated carbocycles. The van der Waals surface area contributed by atoms with Gasteiger partial charge in [0.1, 0.15) is 5.82 Å². The first kappa shape index (κ1) is 21.4. The van der Waals surface area contributed by atoms with Gasteiger partial charge in [0.25, 0.3) is 5.91 Å². The Morgan fingerprint density at radius 1 is 0.906 bits per heavy atom. The lowest BCUT2D eigenvalue weighted by molar-refractivity contribution is -0.287. The molecular formula is C24H18F3NO4. The van der Waals surface area contributed by atoms with Crippen LogP contribution in [0.15, 0.2) is 72.8 Å². The number of rotatable bonds is 7. The Kier molecular flexibility index (Phi) is 5.85.